The van der Waals surface area contributed by atoms with Crippen molar-refractivity contribution in [2.75, 3.05) is 4.90 Å². The maximum atomic E-state index is 5.31. The van der Waals surface area contributed by atoms with Crippen LogP contribution < -0.4 is 4.90 Å². The summed E-state index contributed by atoms with van der Waals surface area (Å²) >= 11 is 0. The lowest BCUT2D eigenvalue weighted by molar-refractivity contribution is 1.08. The average molecular weight is 642 g/mol. The smallest absolute Gasteiger partial charge is 0.145 e. The van der Waals surface area contributed by atoms with Gasteiger partial charge in [0.05, 0.1) is 22.1 Å². The molecule has 0 amide bonds. The zero-order chi connectivity index (χ0) is 33.0. The summed E-state index contributed by atoms with van der Waals surface area (Å²) in [6, 6.07) is 62.1. The standard InChI is InChI=1S/C45H31N5/c1-3-17-35(18-4-1)49-42-25-13-9-21-38(42)46-44(49)33-28-34(45-47-39-22-10-14-26-43(39)50(45)36-19-5-2-6-20-36)30-37(29-33)48-40-23-11-7-15-31(40)27-32-16-8-12-24-41(32)48/h1-26,28-30H,27H2. The van der Waals surface area contributed by atoms with Crippen LogP contribution >= 0.6 is 0 Å². The largest absolute Gasteiger partial charge is 0.310 e. The molecule has 5 nitrogen and oxygen atoms in total. The van der Waals surface area contributed by atoms with Gasteiger partial charge in [0.2, 0.25) is 0 Å². The van der Waals surface area contributed by atoms with Crippen LogP contribution in [-0.4, -0.2) is 19.1 Å². The van der Waals surface area contributed by atoms with Crippen molar-refractivity contribution < 1.29 is 0 Å². The zero-order valence-corrected chi connectivity index (χ0v) is 27.2. The molecule has 10 rings (SSSR count). The van der Waals surface area contributed by atoms with Gasteiger partial charge < -0.3 is 4.90 Å². The van der Waals surface area contributed by atoms with E-state index in [-0.39, 0.29) is 0 Å². The van der Waals surface area contributed by atoms with Gasteiger partial charge in [-0.1, -0.05) is 97.1 Å². The second-order valence-electron chi connectivity index (χ2n) is 12.7. The van der Waals surface area contributed by atoms with Crippen LogP contribution in [0.5, 0.6) is 0 Å². The van der Waals surface area contributed by atoms with Crippen molar-refractivity contribution in [1.29, 1.82) is 0 Å². The molecule has 7 aromatic carbocycles. The van der Waals surface area contributed by atoms with Crippen LogP contribution in [0.4, 0.5) is 17.1 Å². The van der Waals surface area contributed by atoms with Crippen LogP contribution in [0.2, 0.25) is 0 Å². The Bertz CT molecular complexity index is 2510. The molecule has 50 heavy (non-hydrogen) atoms. The van der Waals surface area contributed by atoms with Crippen LogP contribution in [0, 0.1) is 0 Å². The van der Waals surface area contributed by atoms with Gasteiger partial charge >= 0.3 is 0 Å². The Kier molecular flexibility index (Phi) is 6.49. The maximum absolute atomic E-state index is 5.31. The molecule has 3 heterocycles. The second kappa shape index (κ2) is 11.5. The highest BCUT2D eigenvalue weighted by Crippen LogP contribution is 2.46. The molecular weight excluding hydrogens is 611 g/mol. The summed E-state index contributed by atoms with van der Waals surface area (Å²) in [5.41, 5.74) is 14.2. The molecule has 0 saturated heterocycles. The van der Waals surface area contributed by atoms with Crippen molar-refractivity contribution in [3.63, 3.8) is 0 Å². The normalized spacial score (nSPS) is 12.3. The van der Waals surface area contributed by atoms with E-state index >= 15 is 0 Å². The van der Waals surface area contributed by atoms with Gasteiger partial charge in [-0.2, -0.15) is 0 Å². The van der Waals surface area contributed by atoms with Gasteiger partial charge in [-0.25, -0.2) is 9.97 Å². The van der Waals surface area contributed by atoms with Gasteiger partial charge in [-0.15, -0.1) is 0 Å². The topological polar surface area (TPSA) is 38.9 Å². The molecule has 0 saturated carbocycles. The van der Waals surface area contributed by atoms with Gasteiger partial charge in [0.15, 0.2) is 0 Å². The van der Waals surface area contributed by atoms with E-state index in [4.69, 9.17) is 9.97 Å². The summed E-state index contributed by atoms with van der Waals surface area (Å²) in [7, 11) is 0. The number of aromatic nitrogens is 4. The fourth-order valence-corrected chi connectivity index (χ4v) is 7.48. The lowest BCUT2D eigenvalue weighted by Crippen LogP contribution is -2.18. The molecule has 0 radical (unpaired) electrons. The first-order valence-electron chi connectivity index (χ1n) is 17.0. The summed E-state index contributed by atoms with van der Waals surface area (Å²) < 4.78 is 4.55. The van der Waals surface area contributed by atoms with E-state index in [1.54, 1.807) is 0 Å². The minimum atomic E-state index is 0.876. The third kappa shape index (κ3) is 4.55. The Morgan fingerprint density at radius 2 is 0.800 bits per heavy atom. The highest BCUT2D eigenvalue weighted by molar-refractivity contribution is 5.91. The first-order valence-corrected chi connectivity index (χ1v) is 17.0. The molecule has 0 unspecified atom stereocenters. The van der Waals surface area contributed by atoms with Crippen LogP contribution in [-0.2, 0) is 6.42 Å². The van der Waals surface area contributed by atoms with Crippen molar-refractivity contribution in [3.05, 3.63) is 187 Å². The summed E-state index contributed by atoms with van der Waals surface area (Å²) in [4.78, 5) is 13.0. The van der Waals surface area contributed by atoms with Crippen LogP contribution in [0.15, 0.2) is 176 Å². The van der Waals surface area contributed by atoms with Crippen LogP contribution in [0.3, 0.4) is 0 Å². The van der Waals surface area contributed by atoms with E-state index < -0.39 is 0 Å². The molecule has 0 atom stereocenters. The lowest BCUT2D eigenvalue weighted by atomic mass is 9.94. The molecule has 0 aliphatic carbocycles. The first-order chi connectivity index (χ1) is 24.8. The fraction of sp³-hybridized carbons (Fsp3) is 0.0222. The van der Waals surface area contributed by atoms with Crippen molar-refractivity contribution in [3.8, 4) is 34.2 Å². The van der Waals surface area contributed by atoms with Crippen molar-refractivity contribution >= 4 is 39.1 Å². The quantitative estimate of drug-likeness (QED) is 0.188. The Labute approximate surface area is 290 Å². The molecule has 236 valence electrons. The first kappa shape index (κ1) is 28.3. The summed E-state index contributed by atoms with van der Waals surface area (Å²) in [6.07, 6.45) is 0.892. The zero-order valence-electron chi connectivity index (χ0n) is 27.2. The minimum Gasteiger partial charge on any atom is -0.310 e. The fourth-order valence-electron chi connectivity index (χ4n) is 7.48. The van der Waals surface area contributed by atoms with E-state index in [1.165, 1.54) is 22.5 Å². The molecule has 1 aliphatic rings. The van der Waals surface area contributed by atoms with Crippen molar-refractivity contribution in [2.45, 2.75) is 6.42 Å². The molecule has 1 aliphatic heterocycles. The molecule has 5 heteroatoms. The van der Waals surface area contributed by atoms with Crippen LogP contribution in [0.1, 0.15) is 11.1 Å². The number of para-hydroxylation sites is 8. The van der Waals surface area contributed by atoms with E-state index in [1.807, 2.05) is 0 Å². The lowest BCUT2D eigenvalue weighted by Gasteiger charge is -2.34. The summed E-state index contributed by atoms with van der Waals surface area (Å²) in [5, 5.41) is 0. The Morgan fingerprint density at radius 3 is 1.30 bits per heavy atom. The Morgan fingerprint density at radius 1 is 0.380 bits per heavy atom. The van der Waals surface area contributed by atoms with Gasteiger partial charge in [-0.3, -0.25) is 9.13 Å². The number of imidazole rings is 2. The molecule has 0 N–H and O–H groups in total. The summed E-state index contributed by atoms with van der Waals surface area (Å²) in [5.74, 6) is 1.75. The molecule has 0 bridgehead atoms. The van der Waals surface area contributed by atoms with Crippen LogP contribution in [0.25, 0.3) is 56.2 Å². The Balaban J connectivity index is 1.30. The van der Waals surface area contributed by atoms with Crippen molar-refractivity contribution in [1.82, 2.24) is 19.1 Å². The highest BCUT2D eigenvalue weighted by atomic mass is 15.2. The predicted molar refractivity (Wildman–Crippen MR) is 204 cm³/mol. The third-order valence-electron chi connectivity index (χ3n) is 9.69. The second-order valence-corrected chi connectivity index (χ2v) is 12.7. The van der Waals surface area contributed by atoms with E-state index in [2.05, 4.69) is 190 Å². The summed E-state index contributed by atoms with van der Waals surface area (Å²) in [6.45, 7) is 0. The molecule has 0 spiro atoms. The SMILES string of the molecule is c1ccc(-n2c(-c3cc(-c4nc5ccccc5n4-c4ccccc4)cc(N4c5ccccc5Cc5ccccc54)c3)nc3ccccc32)cc1. The number of nitrogens with zero attached hydrogens (tertiary/aromatic N) is 5. The van der Waals surface area contributed by atoms with E-state index in [0.717, 1.165) is 68.3 Å². The molecule has 0 fully saturated rings. The van der Waals surface area contributed by atoms with Gasteiger partial charge in [0.25, 0.3) is 0 Å². The number of rotatable bonds is 5. The predicted octanol–water partition coefficient (Wildman–Crippen LogP) is 11.1. The Hall–Kier alpha value is -6.72. The van der Waals surface area contributed by atoms with E-state index in [0.29, 0.717) is 0 Å². The number of anilines is 3. The van der Waals surface area contributed by atoms with Gasteiger partial charge in [0, 0.05) is 46.0 Å². The monoisotopic (exact) mass is 641 g/mol. The van der Waals surface area contributed by atoms with Crippen molar-refractivity contribution in [2.24, 2.45) is 0 Å². The third-order valence-corrected chi connectivity index (χ3v) is 9.69. The maximum Gasteiger partial charge on any atom is 0.145 e. The van der Waals surface area contributed by atoms with Gasteiger partial charge in [-0.05, 0) is 90.0 Å². The highest BCUT2D eigenvalue weighted by Gasteiger charge is 2.26. The number of hydrogen-bond acceptors (Lipinski definition) is 3. The minimum absolute atomic E-state index is 0.876. The number of hydrogen-bond donors (Lipinski definition) is 0. The average Bonchev–Trinajstić information content (AvgIpc) is 3.77. The molecular formula is C45H31N5. The molecule has 2 aromatic heterocycles. The van der Waals surface area contributed by atoms with Gasteiger partial charge in [0.1, 0.15) is 11.6 Å². The van der Waals surface area contributed by atoms with E-state index in [9.17, 15) is 0 Å². The number of fused-ring (bicyclic) bond motifs is 4. The number of benzene rings is 7. The molecule has 9 aromatic rings.